The van der Waals surface area contributed by atoms with E-state index in [-0.39, 0.29) is 12.0 Å². The van der Waals surface area contributed by atoms with Crippen molar-refractivity contribution in [1.29, 1.82) is 0 Å². The van der Waals surface area contributed by atoms with E-state index < -0.39 is 0 Å². The summed E-state index contributed by atoms with van der Waals surface area (Å²) in [4.78, 5) is 14.4. The summed E-state index contributed by atoms with van der Waals surface area (Å²) in [5, 5.41) is 13.0. The largest absolute Gasteiger partial charge is 0.392 e. The summed E-state index contributed by atoms with van der Waals surface area (Å²) in [6, 6.07) is 4.19. The molecule has 4 nitrogen and oxygen atoms in total. The molecule has 4 heteroatoms. The second kappa shape index (κ2) is 7.93. The van der Waals surface area contributed by atoms with Crippen LogP contribution in [0.4, 0.5) is 5.69 Å². The van der Waals surface area contributed by atoms with Crippen molar-refractivity contribution in [3.8, 4) is 0 Å². The highest BCUT2D eigenvalue weighted by Gasteiger charge is 2.23. The van der Waals surface area contributed by atoms with Crippen molar-refractivity contribution < 1.29 is 9.90 Å². The van der Waals surface area contributed by atoms with E-state index in [4.69, 9.17) is 0 Å². The number of benzene rings is 1. The van der Waals surface area contributed by atoms with Gasteiger partial charge in [0.25, 0.3) is 0 Å². The van der Waals surface area contributed by atoms with Crippen LogP contribution >= 0.6 is 0 Å². The maximum Gasteiger partial charge on any atom is 0.224 e. The maximum absolute atomic E-state index is 12.2. The number of rotatable bonds is 5. The fourth-order valence-electron chi connectivity index (χ4n) is 3.36. The Morgan fingerprint density at radius 1 is 1.30 bits per heavy atom. The van der Waals surface area contributed by atoms with E-state index >= 15 is 0 Å². The van der Waals surface area contributed by atoms with Crippen molar-refractivity contribution in [2.45, 2.75) is 53.1 Å². The number of nitrogens with zero attached hydrogens (tertiary/aromatic N) is 1. The van der Waals surface area contributed by atoms with Crippen molar-refractivity contribution in [2.75, 3.05) is 25.0 Å². The highest BCUT2D eigenvalue weighted by atomic mass is 16.3. The summed E-state index contributed by atoms with van der Waals surface area (Å²) in [7, 11) is 0. The topological polar surface area (TPSA) is 52.6 Å². The summed E-state index contributed by atoms with van der Waals surface area (Å²) >= 11 is 0. The van der Waals surface area contributed by atoms with Crippen molar-refractivity contribution in [2.24, 2.45) is 5.92 Å². The number of nitrogens with one attached hydrogen (secondary N) is 1. The van der Waals surface area contributed by atoms with E-state index in [2.05, 4.69) is 36.2 Å². The number of carbonyl (C=O) groups excluding carboxylic acids is 1. The van der Waals surface area contributed by atoms with Gasteiger partial charge in [-0.25, -0.2) is 0 Å². The average Bonchev–Trinajstić information content (AvgIpc) is 2.46. The molecule has 1 aromatic rings. The zero-order chi connectivity index (χ0) is 17.0. The highest BCUT2D eigenvalue weighted by molar-refractivity contribution is 5.92. The summed E-state index contributed by atoms with van der Waals surface area (Å²) in [6.07, 6.45) is 2.16. The normalized spacial score (nSPS) is 22.1. The number of carbonyl (C=O) groups is 1. The van der Waals surface area contributed by atoms with E-state index in [1.807, 2.05) is 13.8 Å². The molecule has 0 aliphatic carbocycles. The van der Waals surface area contributed by atoms with Crippen LogP contribution in [-0.2, 0) is 4.79 Å². The Balaban J connectivity index is 1.78. The number of amides is 1. The van der Waals surface area contributed by atoms with E-state index in [1.165, 1.54) is 5.56 Å². The number of likely N-dealkylation sites (tertiary alicyclic amines) is 1. The third-order valence-electron chi connectivity index (χ3n) is 4.82. The first-order valence-corrected chi connectivity index (χ1v) is 8.65. The SMILES string of the molecule is Cc1cc(C)c(NC(=O)CCCN2CCC(C)C(O)C2)c(C)c1. The van der Waals surface area contributed by atoms with E-state index in [0.717, 1.165) is 49.3 Å². The number of aryl methyl sites for hydroxylation is 3. The molecule has 2 unspecified atom stereocenters. The lowest BCUT2D eigenvalue weighted by atomic mass is 9.96. The molecule has 0 bridgehead atoms. The Labute approximate surface area is 139 Å². The molecule has 1 aromatic carbocycles. The molecule has 1 heterocycles. The van der Waals surface area contributed by atoms with Crippen molar-refractivity contribution in [3.63, 3.8) is 0 Å². The first-order chi connectivity index (χ1) is 10.9. The van der Waals surface area contributed by atoms with Gasteiger partial charge in [-0.3, -0.25) is 4.79 Å². The predicted octanol–water partition coefficient (Wildman–Crippen LogP) is 3.03. The highest BCUT2D eigenvalue weighted by Crippen LogP contribution is 2.22. The van der Waals surface area contributed by atoms with Crippen LogP contribution in [0.5, 0.6) is 0 Å². The van der Waals surface area contributed by atoms with Gasteiger partial charge >= 0.3 is 0 Å². The zero-order valence-corrected chi connectivity index (χ0v) is 14.9. The van der Waals surface area contributed by atoms with Crippen LogP contribution in [0.1, 0.15) is 42.9 Å². The molecule has 2 N–H and O–H groups in total. The minimum Gasteiger partial charge on any atom is -0.392 e. The number of anilines is 1. The fraction of sp³-hybridized carbons (Fsp3) is 0.632. The third-order valence-corrected chi connectivity index (χ3v) is 4.82. The molecule has 2 atom stereocenters. The van der Waals surface area contributed by atoms with Crippen LogP contribution in [0.3, 0.4) is 0 Å². The van der Waals surface area contributed by atoms with Gasteiger partial charge in [-0.05, 0) is 63.7 Å². The van der Waals surface area contributed by atoms with Crippen molar-refractivity contribution >= 4 is 11.6 Å². The van der Waals surface area contributed by atoms with Crippen LogP contribution in [0.15, 0.2) is 12.1 Å². The molecule has 1 saturated heterocycles. The first kappa shape index (κ1) is 18.0. The Bertz CT molecular complexity index is 533. The summed E-state index contributed by atoms with van der Waals surface area (Å²) < 4.78 is 0. The summed E-state index contributed by atoms with van der Waals surface area (Å²) in [5.74, 6) is 0.466. The average molecular weight is 318 g/mol. The van der Waals surface area contributed by atoms with E-state index in [9.17, 15) is 9.90 Å². The molecule has 23 heavy (non-hydrogen) atoms. The lowest BCUT2D eigenvalue weighted by Gasteiger charge is -2.34. The Kier molecular flexibility index (Phi) is 6.19. The minimum absolute atomic E-state index is 0.0750. The number of β-amino-alcohol motifs (C(OH)–C–C–N with tert-alkyl or cyclic N) is 1. The van der Waals surface area contributed by atoms with E-state index in [1.54, 1.807) is 0 Å². The predicted molar refractivity (Wildman–Crippen MR) is 94.7 cm³/mol. The number of hydrogen-bond acceptors (Lipinski definition) is 3. The summed E-state index contributed by atoms with van der Waals surface area (Å²) in [6.45, 7) is 10.9. The standard InChI is InChI=1S/C19H30N2O2/c1-13-10-15(3)19(16(4)11-13)20-18(23)6-5-8-21-9-7-14(2)17(22)12-21/h10-11,14,17,22H,5-9,12H2,1-4H3,(H,20,23). The Morgan fingerprint density at radius 3 is 2.57 bits per heavy atom. The number of hydrogen-bond donors (Lipinski definition) is 2. The lowest BCUT2D eigenvalue weighted by molar-refractivity contribution is -0.116. The van der Waals surface area contributed by atoms with Crippen LogP contribution in [0.25, 0.3) is 0 Å². The Hall–Kier alpha value is -1.39. The van der Waals surface area contributed by atoms with Gasteiger partial charge < -0.3 is 15.3 Å². The smallest absolute Gasteiger partial charge is 0.224 e. The molecular weight excluding hydrogens is 288 g/mol. The molecule has 0 spiro atoms. The first-order valence-electron chi connectivity index (χ1n) is 8.65. The van der Waals surface area contributed by atoms with Gasteiger partial charge in [-0.2, -0.15) is 0 Å². The molecule has 1 fully saturated rings. The van der Waals surface area contributed by atoms with Crippen LogP contribution in [-0.4, -0.2) is 41.7 Å². The molecule has 0 saturated carbocycles. The molecule has 0 radical (unpaired) electrons. The maximum atomic E-state index is 12.2. The molecule has 1 amide bonds. The second-order valence-electron chi connectivity index (χ2n) is 7.06. The monoisotopic (exact) mass is 318 g/mol. The van der Waals surface area contributed by atoms with Gasteiger partial charge in [-0.1, -0.05) is 24.6 Å². The van der Waals surface area contributed by atoms with Gasteiger partial charge in [-0.15, -0.1) is 0 Å². The minimum atomic E-state index is -0.226. The molecular formula is C19H30N2O2. The van der Waals surface area contributed by atoms with Gasteiger partial charge in [0.1, 0.15) is 0 Å². The van der Waals surface area contributed by atoms with Gasteiger partial charge in [0.2, 0.25) is 5.91 Å². The molecule has 1 aliphatic rings. The van der Waals surface area contributed by atoms with Crippen molar-refractivity contribution in [3.05, 3.63) is 28.8 Å². The van der Waals surface area contributed by atoms with Crippen LogP contribution in [0.2, 0.25) is 0 Å². The van der Waals surface area contributed by atoms with Crippen LogP contribution in [0, 0.1) is 26.7 Å². The second-order valence-corrected chi connectivity index (χ2v) is 7.06. The lowest BCUT2D eigenvalue weighted by Crippen LogP contribution is -2.43. The molecule has 1 aliphatic heterocycles. The molecule has 2 rings (SSSR count). The number of aliphatic hydroxyl groups excluding tert-OH is 1. The fourth-order valence-corrected chi connectivity index (χ4v) is 3.36. The zero-order valence-electron chi connectivity index (χ0n) is 14.9. The quantitative estimate of drug-likeness (QED) is 0.877. The molecule has 128 valence electrons. The number of piperidine rings is 1. The van der Waals surface area contributed by atoms with Gasteiger partial charge in [0.15, 0.2) is 0 Å². The van der Waals surface area contributed by atoms with Crippen LogP contribution < -0.4 is 5.32 Å². The van der Waals surface area contributed by atoms with Crippen molar-refractivity contribution in [1.82, 2.24) is 4.90 Å². The van der Waals surface area contributed by atoms with E-state index in [0.29, 0.717) is 12.3 Å². The van der Waals surface area contributed by atoms with Gasteiger partial charge in [0, 0.05) is 18.7 Å². The summed E-state index contributed by atoms with van der Waals surface area (Å²) in [5.41, 5.74) is 4.40. The Morgan fingerprint density at radius 2 is 1.96 bits per heavy atom. The number of aliphatic hydroxyl groups is 1. The van der Waals surface area contributed by atoms with Gasteiger partial charge in [0.05, 0.1) is 6.10 Å². The third kappa shape index (κ3) is 5.05. The molecule has 0 aromatic heterocycles.